The SMILES string of the molecule is COCONC(=O)CC(C)C. The first kappa shape index (κ1) is 10.4. The van der Waals surface area contributed by atoms with Gasteiger partial charge in [-0.3, -0.25) is 4.79 Å². The summed E-state index contributed by atoms with van der Waals surface area (Å²) in [7, 11) is 1.49. The largest absolute Gasteiger partial charge is 0.356 e. The molecule has 0 saturated heterocycles. The highest BCUT2D eigenvalue weighted by atomic mass is 16.8. The first-order chi connectivity index (χ1) is 5.16. The summed E-state index contributed by atoms with van der Waals surface area (Å²) in [5.41, 5.74) is 2.25. The molecule has 0 fully saturated rings. The zero-order valence-corrected chi connectivity index (χ0v) is 7.22. The zero-order chi connectivity index (χ0) is 8.69. The zero-order valence-electron chi connectivity index (χ0n) is 7.22. The van der Waals surface area contributed by atoms with Gasteiger partial charge in [0, 0.05) is 13.5 Å². The number of methoxy groups -OCH3 is 1. The summed E-state index contributed by atoms with van der Waals surface area (Å²) < 4.78 is 4.56. The number of carbonyl (C=O) groups excluding carboxylic acids is 1. The van der Waals surface area contributed by atoms with Gasteiger partial charge in [0.2, 0.25) is 5.91 Å². The minimum atomic E-state index is -0.114. The van der Waals surface area contributed by atoms with Gasteiger partial charge in [-0.15, -0.1) is 0 Å². The lowest BCUT2D eigenvalue weighted by molar-refractivity contribution is -0.145. The van der Waals surface area contributed by atoms with Gasteiger partial charge in [-0.05, 0) is 5.92 Å². The Morgan fingerprint density at radius 2 is 2.18 bits per heavy atom. The summed E-state index contributed by atoms with van der Waals surface area (Å²) in [5, 5.41) is 0. The molecule has 0 atom stereocenters. The van der Waals surface area contributed by atoms with Crippen molar-refractivity contribution in [3.63, 3.8) is 0 Å². The molecule has 0 rings (SSSR count). The van der Waals surface area contributed by atoms with E-state index in [0.29, 0.717) is 12.3 Å². The molecule has 4 heteroatoms. The Labute approximate surface area is 66.8 Å². The van der Waals surface area contributed by atoms with Crippen molar-refractivity contribution in [3.05, 3.63) is 0 Å². The van der Waals surface area contributed by atoms with Crippen molar-refractivity contribution in [1.29, 1.82) is 0 Å². The number of ether oxygens (including phenoxy) is 1. The fourth-order valence-electron chi connectivity index (χ4n) is 0.581. The van der Waals surface area contributed by atoms with Gasteiger partial charge in [-0.2, -0.15) is 0 Å². The van der Waals surface area contributed by atoms with Gasteiger partial charge in [0.1, 0.15) is 0 Å². The van der Waals surface area contributed by atoms with Crippen LogP contribution in [0.15, 0.2) is 0 Å². The van der Waals surface area contributed by atoms with Crippen LogP contribution in [0, 0.1) is 5.92 Å². The highest BCUT2D eigenvalue weighted by Crippen LogP contribution is 1.97. The molecule has 0 saturated carbocycles. The maximum atomic E-state index is 10.8. The topological polar surface area (TPSA) is 47.6 Å². The molecule has 0 heterocycles. The summed E-state index contributed by atoms with van der Waals surface area (Å²) in [6.45, 7) is 4.02. The molecule has 0 aromatic heterocycles. The van der Waals surface area contributed by atoms with Crippen LogP contribution in [0.1, 0.15) is 20.3 Å². The third kappa shape index (κ3) is 7.29. The van der Waals surface area contributed by atoms with Crippen molar-refractivity contribution in [2.45, 2.75) is 20.3 Å². The molecular weight excluding hydrogens is 146 g/mol. The Kier molecular flexibility index (Phi) is 5.78. The molecule has 0 aromatic rings. The number of hydrogen-bond acceptors (Lipinski definition) is 3. The molecule has 0 aliphatic carbocycles. The number of amides is 1. The molecule has 66 valence electrons. The molecule has 0 unspecified atom stereocenters. The van der Waals surface area contributed by atoms with Crippen molar-refractivity contribution >= 4 is 5.91 Å². The Balaban J connectivity index is 3.23. The average Bonchev–Trinajstić information content (AvgIpc) is 1.86. The van der Waals surface area contributed by atoms with E-state index in [1.165, 1.54) is 7.11 Å². The van der Waals surface area contributed by atoms with Crippen LogP contribution in [0.5, 0.6) is 0 Å². The maximum Gasteiger partial charge on any atom is 0.243 e. The van der Waals surface area contributed by atoms with Gasteiger partial charge in [-0.1, -0.05) is 13.8 Å². The number of hydrogen-bond donors (Lipinski definition) is 1. The van der Waals surface area contributed by atoms with E-state index >= 15 is 0 Å². The van der Waals surface area contributed by atoms with E-state index < -0.39 is 0 Å². The predicted molar refractivity (Wildman–Crippen MR) is 40.6 cm³/mol. The van der Waals surface area contributed by atoms with Gasteiger partial charge < -0.3 is 4.74 Å². The summed E-state index contributed by atoms with van der Waals surface area (Å²) >= 11 is 0. The summed E-state index contributed by atoms with van der Waals surface area (Å²) in [4.78, 5) is 15.5. The smallest absolute Gasteiger partial charge is 0.243 e. The lowest BCUT2D eigenvalue weighted by Gasteiger charge is -2.05. The van der Waals surface area contributed by atoms with Crippen LogP contribution in [-0.2, 0) is 14.4 Å². The molecule has 0 radical (unpaired) electrons. The highest BCUT2D eigenvalue weighted by molar-refractivity contribution is 5.74. The van der Waals surface area contributed by atoms with Crippen LogP contribution < -0.4 is 5.48 Å². The Bertz CT molecular complexity index is 114. The molecule has 0 aliphatic heterocycles. The molecule has 0 bridgehead atoms. The van der Waals surface area contributed by atoms with E-state index in [9.17, 15) is 4.79 Å². The summed E-state index contributed by atoms with van der Waals surface area (Å²) in [6.07, 6.45) is 0.476. The van der Waals surface area contributed by atoms with E-state index in [1.807, 2.05) is 13.8 Å². The van der Waals surface area contributed by atoms with Crippen molar-refractivity contribution in [2.24, 2.45) is 5.92 Å². The second-order valence-electron chi connectivity index (χ2n) is 2.67. The van der Waals surface area contributed by atoms with Gasteiger partial charge in [0.25, 0.3) is 0 Å². The minimum absolute atomic E-state index is 0.0871. The van der Waals surface area contributed by atoms with Crippen LogP contribution in [0.25, 0.3) is 0 Å². The highest BCUT2D eigenvalue weighted by Gasteiger charge is 2.02. The normalized spacial score (nSPS) is 10.2. The Morgan fingerprint density at radius 3 is 2.64 bits per heavy atom. The van der Waals surface area contributed by atoms with E-state index in [-0.39, 0.29) is 12.7 Å². The van der Waals surface area contributed by atoms with E-state index in [0.717, 1.165) is 0 Å². The van der Waals surface area contributed by atoms with Crippen LogP contribution in [-0.4, -0.2) is 19.8 Å². The first-order valence-electron chi connectivity index (χ1n) is 3.56. The third-order valence-corrected chi connectivity index (χ3v) is 0.956. The minimum Gasteiger partial charge on any atom is -0.356 e. The Hall–Kier alpha value is -0.610. The molecular formula is C7H15NO3. The van der Waals surface area contributed by atoms with Gasteiger partial charge in [0.05, 0.1) is 0 Å². The van der Waals surface area contributed by atoms with Crippen molar-refractivity contribution in [1.82, 2.24) is 5.48 Å². The van der Waals surface area contributed by atoms with Gasteiger partial charge in [-0.25, -0.2) is 10.3 Å². The number of rotatable bonds is 5. The third-order valence-electron chi connectivity index (χ3n) is 0.956. The molecule has 0 spiro atoms. The van der Waals surface area contributed by atoms with Crippen molar-refractivity contribution in [2.75, 3.05) is 13.9 Å². The van der Waals surface area contributed by atoms with Crippen molar-refractivity contribution < 1.29 is 14.4 Å². The lowest BCUT2D eigenvalue weighted by Crippen LogP contribution is -2.25. The standard InChI is InChI=1S/C7H15NO3/c1-6(2)4-7(9)8-11-5-10-3/h6H,4-5H2,1-3H3,(H,8,9). The molecule has 4 nitrogen and oxygen atoms in total. The van der Waals surface area contributed by atoms with E-state index in [1.54, 1.807) is 0 Å². The molecule has 0 aliphatic rings. The average molecular weight is 161 g/mol. The van der Waals surface area contributed by atoms with Crippen LogP contribution in [0.4, 0.5) is 0 Å². The molecule has 1 amide bonds. The Morgan fingerprint density at radius 1 is 1.55 bits per heavy atom. The van der Waals surface area contributed by atoms with Crippen molar-refractivity contribution in [3.8, 4) is 0 Å². The first-order valence-corrected chi connectivity index (χ1v) is 3.56. The second-order valence-corrected chi connectivity index (χ2v) is 2.67. The molecule has 0 aromatic carbocycles. The monoisotopic (exact) mass is 161 g/mol. The van der Waals surface area contributed by atoms with Gasteiger partial charge in [0.15, 0.2) is 6.79 Å². The summed E-state index contributed by atoms with van der Waals surface area (Å²) in [6, 6.07) is 0. The number of hydroxylamine groups is 1. The van der Waals surface area contributed by atoms with Crippen LogP contribution >= 0.6 is 0 Å². The fraction of sp³-hybridized carbons (Fsp3) is 0.857. The summed E-state index contributed by atoms with van der Waals surface area (Å²) in [5.74, 6) is 0.234. The number of carbonyl (C=O) groups is 1. The molecule has 11 heavy (non-hydrogen) atoms. The maximum absolute atomic E-state index is 10.8. The van der Waals surface area contributed by atoms with Gasteiger partial charge >= 0.3 is 0 Å². The van der Waals surface area contributed by atoms with E-state index in [4.69, 9.17) is 0 Å². The van der Waals surface area contributed by atoms with Crippen LogP contribution in [0.2, 0.25) is 0 Å². The number of nitrogens with one attached hydrogen (secondary N) is 1. The second kappa shape index (κ2) is 6.12. The molecule has 1 N–H and O–H groups in total. The fourth-order valence-corrected chi connectivity index (χ4v) is 0.581. The predicted octanol–water partition coefficient (Wildman–Crippen LogP) is 0.684. The van der Waals surface area contributed by atoms with Crippen LogP contribution in [0.3, 0.4) is 0 Å². The van der Waals surface area contributed by atoms with E-state index in [2.05, 4.69) is 15.1 Å². The lowest BCUT2D eigenvalue weighted by atomic mass is 10.1. The quantitative estimate of drug-likeness (QED) is 0.366.